The van der Waals surface area contributed by atoms with E-state index >= 15 is 0 Å². The molecule has 25 aromatic rings. The first-order valence-electron chi connectivity index (χ1n) is 75.2. The van der Waals surface area contributed by atoms with Crippen molar-refractivity contribution in [2.24, 2.45) is 0 Å². The maximum Gasteiger partial charge on any atom is 0.0972 e. The molecule has 604 valence electrons. The minimum atomic E-state index is -1.12. The van der Waals surface area contributed by atoms with E-state index in [0.29, 0.717) is 34.0 Å². The van der Waals surface area contributed by atoms with Crippen LogP contribution in [0.1, 0.15) is 104 Å². The molecule has 0 aliphatic rings. The third-order valence-electron chi connectivity index (χ3n) is 19.1. The fourth-order valence-electron chi connectivity index (χ4n) is 13.6. The molecule has 0 spiro atoms. The largest absolute Gasteiger partial charge is 0.254 e. The summed E-state index contributed by atoms with van der Waals surface area (Å²) < 4.78 is 668. The second kappa shape index (κ2) is 34.1. The van der Waals surface area contributed by atoms with Crippen molar-refractivity contribution < 1.29 is 104 Å². The predicted octanol–water partition coefficient (Wildman–Crippen LogP) is 33.7. The number of aromatic nitrogens is 6. The van der Waals surface area contributed by atoms with E-state index in [9.17, 15) is 20.6 Å². The Bertz CT molecular complexity index is 13400. The highest BCUT2D eigenvalue weighted by Gasteiger charge is 2.27. The van der Waals surface area contributed by atoms with Gasteiger partial charge >= 0.3 is 0 Å². The van der Waals surface area contributed by atoms with Gasteiger partial charge in [-0.25, -0.2) is 15.0 Å². The van der Waals surface area contributed by atoms with Crippen molar-refractivity contribution in [2.45, 2.75) is 0 Å². The molecule has 16 aromatic carbocycles. The first-order chi connectivity index (χ1) is 95.6. The Balaban J connectivity index is 0.000000158. The lowest BCUT2D eigenvalue weighted by atomic mass is 9.87. The van der Waals surface area contributed by atoms with Crippen LogP contribution >= 0.6 is 34.0 Å². The van der Waals surface area contributed by atoms with E-state index in [2.05, 4.69) is 29.9 Å². The van der Waals surface area contributed by atoms with Gasteiger partial charge in [0.1, 0.15) is 0 Å². The summed E-state index contributed by atoms with van der Waals surface area (Å²) in [6, 6.07) is -63.1. The van der Waals surface area contributed by atoms with E-state index < -0.39 is 693 Å². The molecule has 9 heteroatoms. The number of thiophene rings is 3. The molecule has 129 heavy (non-hydrogen) atoms. The number of hydrogen-bond donors (Lipinski definition) is 0. The van der Waals surface area contributed by atoms with Gasteiger partial charge in [0.2, 0.25) is 0 Å². The van der Waals surface area contributed by atoms with Gasteiger partial charge in [0.25, 0.3) is 0 Å². The quantitative estimate of drug-likeness (QED) is 0.107. The number of nitrogens with zero attached hydrogens (tertiary/aromatic N) is 6. The highest BCUT2D eigenvalue weighted by molar-refractivity contribution is 7.20. The summed E-state index contributed by atoms with van der Waals surface area (Å²) in [5.41, 5.74) is -16.5. The van der Waals surface area contributed by atoms with Crippen molar-refractivity contribution in [3.8, 4) is 141 Å². The van der Waals surface area contributed by atoms with E-state index in [1.54, 1.807) is 0 Å². The van der Waals surface area contributed by atoms with Gasteiger partial charge < -0.3 is 0 Å². The lowest BCUT2D eigenvalue weighted by molar-refractivity contribution is 1.37. The van der Waals surface area contributed by atoms with Crippen molar-refractivity contribution in [2.75, 3.05) is 0 Å². The van der Waals surface area contributed by atoms with Gasteiger partial charge in [0.15, 0.2) is 0 Å². The molecule has 9 heterocycles. The van der Waals surface area contributed by atoms with Crippen LogP contribution in [0.5, 0.6) is 0 Å². The summed E-state index contributed by atoms with van der Waals surface area (Å²) in [6.45, 7) is 0. The van der Waals surface area contributed by atoms with Crippen molar-refractivity contribution in [1.82, 2.24) is 29.9 Å². The van der Waals surface area contributed by atoms with Crippen LogP contribution in [-0.2, 0) is 0 Å². The second-order valence-electron chi connectivity index (χ2n) is 26.4. The average molecular weight is 1770 g/mol. The van der Waals surface area contributed by atoms with E-state index in [0.717, 1.165) is 0 Å². The zero-order valence-corrected chi connectivity index (χ0v) is 66.4. The molecule has 9 aromatic heterocycles. The van der Waals surface area contributed by atoms with Gasteiger partial charge in [0.05, 0.1) is 154 Å². The maximum atomic E-state index is 9.96. The molecule has 0 saturated carbocycles. The average Bonchev–Trinajstić information content (AvgIpc) is 1.66. The smallest absolute Gasteiger partial charge is 0.0972 e. The van der Waals surface area contributed by atoms with Crippen LogP contribution in [0.25, 0.3) is 239 Å². The van der Waals surface area contributed by atoms with Crippen LogP contribution in [-0.4, -0.2) is 29.9 Å². The second-order valence-corrected chi connectivity index (χ2v) is 29.5. The number of hydrogen-bond acceptors (Lipinski definition) is 9. The van der Waals surface area contributed by atoms with Gasteiger partial charge in [-0.1, -0.05) is 381 Å². The topological polar surface area (TPSA) is 77.3 Å². The van der Waals surface area contributed by atoms with Crippen molar-refractivity contribution in [1.29, 1.82) is 0 Å². The van der Waals surface area contributed by atoms with Crippen LogP contribution in [0.3, 0.4) is 0 Å². The number of benzene rings is 16. The van der Waals surface area contributed by atoms with Crippen LogP contribution in [0, 0.1) is 0 Å². The minimum absolute atomic E-state index is 0.313. The van der Waals surface area contributed by atoms with E-state index in [1.165, 1.54) is 0 Å². The number of rotatable bonds is 13. The van der Waals surface area contributed by atoms with Crippen LogP contribution < -0.4 is 0 Å². The van der Waals surface area contributed by atoms with Crippen molar-refractivity contribution in [3.05, 3.63) is 460 Å². The monoisotopic (exact) mass is 1770 g/mol. The Morgan fingerprint density at radius 3 is 0.922 bits per heavy atom. The van der Waals surface area contributed by atoms with E-state index in [-0.39, 0.29) is 4.88 Å². The van der Waals surface area contributed by atoms with Crippen LogP contribution in [0.15, 0.2) is 460 Å². The van der Waals surface area contributed by atoms with E-state index in [4.69, 9.17) is 83.6 Å². The molecule has 25 rings (SSSR count). The molecule has 6 nitrogen and oxygen atoms in total. The number of fused-ring (bicyclic) bond motifs is 12. The molecule has 0 aliphatic carbocycles. The lowest BCUT2D eigenvalue weighted by Crippen LogP contribution is -1.92. The zero-order chi connectivity index (χ0) is 152. The van der Waals surface area contributed by atoms with Crippen molar-refractivity contribution in [3.63, 3.8) is 0 Å². The third kappa shape index (κ3) is 14.8. The molecule has 0 aliphatic heterocycles. The predicted molar refractivity (Wildman–Crippen MR) is 548 cm³/mol. The van der Waals surface area contributed by atoms with Crippen molar-refractivity contribution >= 4 is 132 Å². The fraction of sp³-hybridized carbons (Fsp3) is 0. The molecule has 0 atom stereocenters. The molecule has 0 bridgehead atoms. The Morgan fingerprint density at radius 1 is 0.171 bits per heavy atom. The maximum absolute atomic E-state index is 9.96. The highest BCUT2D eigenvalue weighted by Crippen LogP contribution is 2.55. The molecular weight excluding hydrogens is 1620 g/mol. The van der Waals surface area contributed by atoms with E-state index in [1.807, 2.05) is 0 Å². The SMILES string of the molecule is [2H]c1nc2c(c([2H])c1[2H])c([2H])c([2H])c1c([2H])c([2H])c(-c3c([2H])c([2H])c(-c4c(-c5c([2H])c([2H])c([2H])c([2H])c5[2H])sc(-c5c([2H])c([2H])c([2H])c([2H])c5[2H])c4-c4c([2H])c([2H])c([2H])c([2H])c4[2H])c4c([2H])c([2H])c([2H])c([2H])c34)nc12.[2H]c1nc2c(c([2H])c1[2H])c([2H])c([2H])c1c([2H])c([2H])c(-c3c([2H])c([2H])c(-c4c(-c5c([2H])c([2H])c([2H])c([2H])c5[2H])sc(-c5c([2H])c([2H])c([2H])c([2H])c5[2H])c4[2H])c4c([2H])c([2H])c([2H])c([2H])c34)nc12.[2H]c1nc2c(c([2H])c1[2H])c([2H])c([2H])c1c([2H])c([2H])c(-c3c([2H])c([2H])c(-c4c([2H])c([2H])c([2H])c(-c5sc(-c6c([2H])c([2H])c([2H])c([2H])c6[2H])c([2H])c5[2H])c4[2H])c4c([2H])c([2H])c([2H])c([2H])c34)nc12. The first-order valence-corrected chi connectivity index (χ1v) is 39.6. The Kier molecular flexibility index (Phi) is 8.39. The standard InChI is InChI=1S/C44H28N2S.2C38H24N2S/c1-4-13-29(14-5-1)39-40(44(33-17-8-3-9-18-33)47-43(39)32-15-6-2-7-16-32)37-26-25-36(34-20-10-11-21-35(34)37)38-27-24-31-23-22-30-19-12-28-45-41(30)42(31)46-38;1-3-10-25(11-4-1)35-24-33(38(41-35)28-12-5-2-6-13-28)31-20-21-32(30-16-8-7-15-29(30)31)34-22-19-27-18-17-26-14-9-23-39-36(26)37(27)40-34;1-2-8-25(9-3-1)35-21-22-36(41-35)29-11-6-10-28(24-29)30-18-19-33(32-14-5-4-13-31(30)32)34-20-17-27-16-15-26-12-7-23-39-37(26)38(27)40-34/h1-28H;2*1-24H/i1D,2D,3D,4D,5D,6D,7D,8D,9D,10D,11D,12D,13D,14D,15D,16D,17D,18D,19D,20D,21D,22D,23D,24D,25D,26D,27D,28D;2*1D,2D,3D,4D,5D,6D,7D,8D,9D,10D,11D,12D,13D,14D,15D,16D,17D,18D,19D,20D,21D,22D,23D,24D. The summed E-state index contributed by atoms with van der Waals surface area (Å²) in [6.07, 6.45) is -2.28. The Hall–Kier alpha value is -16.1. The zero-order valence-electron chi connectivity index (χ0n) is 140. The van der Waals surface area contributed by atoms with Gasteiger partial charge in [-0.3, -0.25) is 15.0 Å². The summed E-state index contributed by atoms with van der Waals surface area (Å²) in [5, 5.41) is -6.80. The summed E-state index contributed by atoms with van der Waals surface area (Å²) in [7, 11) is 0. The molecule has 0 N–H and O–H groups in total. The van der Waals surface area contributed by atoms with Gasteiger partial charge in [0, 0.05) is 113 Å². The fourth-order valence-corrected chi connectivity index (χ4v) is 16.6. The molecular formula is C120H76N6S3. The summed E-state index contributed by atoms with van der Waals surface area (Å²) in [5.74, 6) is 0. The summed E-state index contributed by atoms with van der Waals surface area (Å²) in [4.78, 5) is 22.6. The molecule has 0 saturated heterocycles. The normalized spacial score (nSPS) is 19.7. The minimum Gasteiger partial charge on any atom is -0.254 e. The molecule has 0 fully saturated rings. The van der Waals surface area contributed by atoms with Crippen LogP contribution in [0.4, 0.5) is 0 Å². The first kappa shape index (κ1) is 31.8. The Morgan fingerprint density at radius 2 is 0.481 bits per heavy atom. The van der Waals surface area contributed by atoms with Crippen LogP contribution in [0.2, 0.25) is 0 Å². The molecule has 0 radical (unpaired) electrons. The molecule has 0 unspecified atom stereocenters. The Labute approximate surface area is 864 Å². The van der Waals surface area contributed by atoms with Gasteiger partial charge in [-0.15, -0.1) is 34.0 Å². The highest BCUT2D eigenvalue weighted by atomic mass is 32.1. The number of pyridine rings is 6. The third-order valence-corrected chi connectivity index (χ3v) is 22.5. The molecule has 0 amide bonds. The summed E-state index contributed by atoms with van der Waals surface area (Å²) >= 11 is 1.22. The van der Waals surface area contributed by atoms with Gasteiger partial charge in [-0.05, 0) is 154 Å². The lowest BCUT2D eigenvalue weighted by Gasteiger charge is -2.16. The van der Waals surface area contributed by atoms with Gasteiger partial charge in [-0.2, -0.15) is 0 Å².